The van der Waals surface area contributed by atoms with Crippen LogP contribution in [0.1, 0.15) is 24.0 Å². The van der Waals surface area contributed by atoms with Gasteiger partial charge in [-0.05, 0) is 48.7 Å². The maximum atomic E-state index is 13.3. The Labute approximate surface area is 167 Å². The zero-order valence-electron chi connectivity index (χ0n) is 15.2. The van der Waals surface area contributed by atoms with E-state index < -0.39 is 0 Å². The quantitative estimate of drug-likeness (QED) is 0.579. The fourth-order valence-electron chi connectivity index (χ4n) is 3.26. The highest BCUT2D eigenvalue weighted by Crippen LogP contribution is 2.29. The van der Waals surface area contributed by atoms with E-state index in [0.29, 0.717) is 23.7 Å². The Balaban J connectivity index is 1.62. The van der Waals surface area contributed by atoms with Gasteiger partial charge in [0.2, 0.25) is 0 Å². The molecular weight excluding hydrogens is 375 g/mol. The van der Waals surface area contributed by atoms with Gasteiger partial charge in [0.15, 0.2) is 11.0 Å². The zero-order valence-corrected chi connectivity index (χ0v) is 16.0. The van der Waals surface area contributed by atoms with E-state index in [0.717, 1.165) is 35.7 Å². The van der Waals surface area contributed by atoms with Gasteiger partial charge in [-0.25, -0.2) is 4.39 Å². The Hall–Kier alpha value is -2.69. The van der Waals surface area contributed by atoms with Crippen molar-refractivity contribution in [3.63, 3.8) is 0 Å². The molecule has 1 unspecified atom stereocenters. The van der Waals surface area contributed by atoms with E-state index in [-0.39, 0.29) is 11.9 Å². The lowest BCUT2D eigenvalue weighted by Crippen LogP contribution is -2.16. The molecule has 1 aliphatic heterocycles. The van der Waals surface area contributed by atoms with Crippen molar-refractivity contribution >= 4 is 11.8 Å². The Morgan fingerprint density at radius 2 is 2.00 bits per heavy atom. The Morgan fingerprint density at radius 1 is 1.18 bits per heavy atom. The molecule has 0 radical (unpaired) electrons. The van der Waals surface area contributed by atoms with Crippen molar-refractivity contribution in [2.24, 2.45) is 0 Å². The van der Waals surface area contributed by atoms with Gasteiger partial charge in [0.05, 0.1) is 24.3 Å². The molecule has 1 saturated heterocycles. The van der Waals surface area contributed by atoms with Crippen molar-refractivity contribution in [3.05, 3.63) is 65.5 Å². The molecule has 5 nitrogen and oxygen atoms in total. The van der Waals surface area contributed by atoms with Crippen LogP contribution in [0.2, 0.25) is 0 Å². The Morgan fingerprint density at radius 3 is 2.75 bits per heavy atom. The van der Waals surface area contributed by atoms with E-state index in [4.69, 9.17) is 4.74 Å². The molecule has 0 spiro atoms. The molecule has 0 saturated carbocycles. The maximum Gasteiger partial charge on any atom is 0.191 e. The maximum absolute atomic E-state index is 13.3. The average Bonchev–Trinajstić information content (AvgIpc) is 3.38. The molecule has 2 aromatic carbocycles. The minimum Gasteiger partial charge on any atom is -0.376 e. The van der Waals surface area contributed by atoms with Crippen molar-refractivity contribution in [2.45, 2.75) is 36.4 Å². The van der Waals surface area contributed by atoms with Crippen LogP contribution in [-0.4, -0.2) is 27.5 Å². The zero-order chi connectivity index (χ0) is 19.3. The summed E-state index contributed by atoms with van der Waals surface area (Å²) in [5, 5.41) is 18.8. The summed E-state index contributed by atoms with van der Waals surface area (Å²) >= 11 is 1.54. The number of aromatic nitrogens is 3. The predicted molar refractivity (Wildman–Crippen MR) is 105 cm³/mol. The van der Waals surface area contributed by atoms with Crippen LogP contribution in [0, 0.1) is 17.1 Å². The number of benzene rings is 2. The van der Waals surface area contributed by atoms with Crippen molar-refractivity contribution in [1.29, 1.82) is 5.26 Å². The molecule has 1 atom stereocenters. The number of hydrogen-bond acceptors (Lipinski definition) is 5. The molecule has 1 fully saturated rings. The number of thioether (sulfide) groups is 1. The van der Waals surface area contributed by atoms with Crippen LogP contribution in [0.25, 0.3) is 11.4 Å². The molecule has 7 heteroatoms. The third-order valence-electron chi connectivity index (χ3n) is 4.72. The first-order valence-electron chi connectivity index (χ1n) is 9.16. The first-order valence-corrected chi connectivity index (χ1v) is 10.1. The van der Waals surface area contributed by atoms with E-state index in [1.54, 1.807) is 23.9 Å². The molecule has 1 aliphatic rings. The summed E-state index contributed by atoms with van der Waals surface area (Å²) in [6.07, 6.45) is 2.18. The number of nitrogens with zero attached hydrogens (tertiary/aromatic N) is 4. The Bertz CT molecular complexity index is 990. The summed E-state index contributed by atoms with van der Waals surface area (Å²) in [7, 11) is 0. The molecule has 142 valence electrons. The van der Waals surface area contributed by atoms with Crippen molar-refractivity contribution < 1.29 is 9.13 Å². The first-order chi connectivity index (χ1) is 13.7. The van der Waals surface area contributed by atoms with Crippen LogP contribution in [0.3, 0.4) is 0 Å². The summed E-state index contributed by atoms with van der Waals surface area (Å²) in [6, 6.07) is 16.1. The van der Waals surface area contributed by atoms with Gasteiger partial charge >= 0.3 is 0 Å². The van der Waals surface area contributed by atoms with Crippen LogP contribution in [0.15, 0.2) is 53.7 Å². The lowest BCUT2D eigenvalue weighted by Gasteiger charge is -2.15. The normalized spacial score (nSPS) is 16.2. The lowest BCUT2D eigenvalue weighted by molar-refractivity contribution is 0.0953. The minimum atomic E-state index is -0.281. The van der Waals surface area contributed by atoms with Gasteiger partial charge < -0.3 is 4.74 Å². The molecule has 0 bridgehead atoms. The van der Waals surface area contributed by atoms with E-state index in [2.05, 4.69) is 16.3 Å². The van der Waals surface area contributed by atoms with Crippen molar-refractivity contribution in [1.82, 2.24) is 14.8 Å². The minimum absolute atomic E-state index is 0.126. The molecule has 3 aromatic rings. The van der Waals surface area contributed by atoms with Crippen LogP contribution in [0.5, 0.6) is 0 Å². The number of halogens is 1. The lowest BCUT2D eigenvalue weighted by atomic mass is 10.1. The fourth-order valence-corrected chi connectivity index (χ4v) is 4.21. The number of rotatable bonds is 6. The monoisotopic (exact) mass is 394 g/mol. The summed E-state index contributed by atoms with van der Waals surface area (Å²) in [6.45, 7) is 1.43. The molecule has 28 heavy (non-hydrogen) atoms. The molecular formula is C21H19FN4OS. The summed E-state index contributed by atoms with van der Waals surface area (Å²) < 4.78 is 21.2. The van der Waals surface area contributed by atoms with E-state index in [1.165, 1.54) is 12.1 Å². The SMILES string of the molecule is N#Cc1ccccc1CSc1nnc(-c2ccc(F)cc2)n1CC1CCCO1. The number of hydrogen-bond donors (Lipinski definition) is 0. The van der Waals surface area contributed by atoms with Crippen LogP contribution < -0.4 is 0 Å². The average molecular weight is 394 g/mol. The fraction of sp³-hybridized carbons (Fsp3) is 0.286. The highest BCUT2D eigenvalue weighted by molar-refractivity contribution is 7.98. The largest absolute Gasteiger partial charge is 0.376 e. The van der Waals surface area contributed by atoms with E-state index in [9.17, 15) is 9.65 Å². The topological polar surface area (TPSA) is 63.7 Å². The van der Waals surface area contributed by atoms with Crippen LogP contribution >= 0.6 is 11.8 Å². The van der Waals surface area contributed by atoms with Gasteiger partial charge in [0, 0.05) is 17.9 Å². The molecule has 0 N–H and O–H groups in total. The van der Waals surface area contributed by atoms with Crippen molar-refractivity contribution in [3.8, 4) is 17.5 Å². The van der Waals surface area contributed by atoms with Gasteiger partial charge in [-0.3, -0.25) is 4.57 Å². The molecule has 4 rings (SSSR count). The van der Waals surface area contributed by atoms with E-state index >= 15 is 0 Å². The van der Waals surface area contributed by atoms with Gasteiger partial charge in [0.1, 0.15) is 5.82 Å². The third kappa shape index (κ3) is 4.08. The predicted octanol–water partition coefficient (Wildman–Crippen LogP) is 4.43. The van der Waals surface area contributed by atoms with Crippen LogP contribution in [0.4, 0.5) is 4.39 Å². The van der Waals surface area contributed by atoms with Gasteiger partial charge in [-0.2, -0.15) is 5.26 Å². The van der Waals surface area contributed by atoms with Gasteiger partial charge in [0.25, 0.3) is 0 Å². The molecule has 1 aromatic heterocycles. The smallest absolute Gasteiger partial charge is 0.191 e. The summed E-state index contributed by atoms with van der Waals surface area (Å²) in [5.74, 6) is 1.04. The number of ether oxygens (including phenoxy) is 1. The third-order valence-corrected chi connectivity index (χ3v) is 5.74. The second-order valence-corrected chi connectivity index (χ2v) is 7.56. The molecule has 2 heterocycles. The second-order valence-electron chi connectivity index (χ2n) is 6.62. The number of nitriles is 1. The first kappa shape index (κ1) is 18.7. The highest BCUT2D eigenvalue weighted by atomic mass is 32.2. The van der Waals surface area contributed by atoms with Gasteiger partial charge in [-0.15, -0.1) is 10.2 Å². The summed E-state index contributed by atoms with van der Waals surface area (Å²) in [4.78, 5) is 0. The van der Waals surface area contributed by atoms with Gasteiger partial charge in [-0.1, -0.05) is 30.0 Å². The molecule has 0 amide bonds. The standard InChI is InChI=1S/C21H19FN4OS/c22-18-9-7-15(8-10-18)20-24-25-21(26(20)13-19-6-3-11-27-19)28-14-17-5-2-1-4-16(17)12-23/h1-2,4-5,7-10,19H,3,6,11,13-14H2. The van der Waals surface area contributed by atoms with Crippen molar-refractivity contribution in [2.75, 3.05) is 6.61 Å². The second kappa shape index (κ2) is 8.55. The van der Waals surface area contributed by atoms with Crippen LogP contribution in [-0.2, 0) is 17.0 Å². The Kier molecular flexibility index (Phi) is 5.70. The van der Waals surface area contributed by atoms with E-state index in [1.807, 2.05) is 28.8 Å². The molecule has 0 aliphatic carbocycles. The highest BCUT2D eigenvalue weighted by Gasteiger charge is 2.22. The summed E-state index contributed by atoms with van der Waals surface area (Å²) in [5.41, 5.74) is 2.44.